The SMILES string of the molecule is CC(Nc1ccc(Br)cc1[N+](=O)[O-])c1cccc(O)c1. The van der Waals surface area contributed by atoms with E-state index >= 15 is 0 Å². The van der Waals surface area contributed by atoms with Crippen molar-refractivity contribution in [1.82, 2.24) is 0 Å². The van der Waals surface area contributed by atoms with E-state index in [2.05, 4.69) is 21.2 Å². The van der Waals surface area contributed by atoms with Gasteiger partial charge in [0.25, 0.3) is 5.69 Å². The van der Waals surface area contributed by atoms with Gasteiger partial charge in [-0.15, -0.1) is 0 Å². The molecule has 0 bridgehead atoms. The number of hydrogen-bond donors (Lipinski definition) is 2. The first-order valence-corrected chi connectivity index (χ1v) is 6.76. The molecule has 2 aromatic carbocycles. The summed E-state index contributed by atoms with van der Waals surface area (Å²) in [6.45, 7) is 1.88. The molecule has 0 amide bonds. The fraction of sp³-hybridized carbons (Fsp3) is 0.143. The molecule has 0 aliphatic heterocycles. The van der Waals surface area contributed by atoms with Crippen molar-refractivity contribution in [2.45, 2.75) is 13.0 Å². The van der Waals surface area contributed by atoms with Gasteiger partial charge < -0.3 is 10.4 Å². The molecular weight excluding hydrogens is 324 g/mol. The number of nitro groups is 1. The minimum absolute atomic E-state index is 0.00591. The summed E-state index contributed by atoms with van der Waals surface area (Å²) in [6, 6.07) is 11.5. The molecular formula is C14H13BrN2O3. The Morgan fingerprint density at radius 3 is 2.70 bits per heavy atom. The zero-order chi connectivity index (χ0) is 14.7. The van der Waals surface area contributed by atoms with Crippen LogP contribution < -0.4 is 5.32 Å². The van der Waals surface area contributed by atoms with Crippen LogP contribution in [0.2, 0.25) is 0 Å². The predicted octanol–water partition coefficient (Wildman–Crippen LogP) is 4.24. The second kappa shape index (κ2) is 5.92. The normalized spacial score (nSPS) is 11.9. The van der Waals surface area contributed by atoms with Crippen LogP contribution in [0.15, 0.2) is 46.9 Å². The maximum atomic E-state index is 11.1. The van der Waals surface area contributed by atoms with Crippen molar-refractivity contribution in [2.75, 3.05) is 5.32 Å². The third kappa shape index (κ3) is 3.27. The first-order chi connectivity index (χ1) is 9.47. The van der Waals surface area contributed by atoms with E-state index in [1.807, 2.05) is 13.0 Å². The Balaban J connectivity index is 2.28. The summed E-state index contributed by atoms with van der Waals surface area (Å²) in [7, 11) is 0. The van der Waals surface area contributed by atoms with Crippen LogP contribution >= 0.6 is 15.9 Å². The first kappa shape index (κ1) is 14.3. The van der Waals surface area contributed by atoms with Crippen LogP contribution in [0.4, 0.5) is 11.4 Å². The van der Waals surface area contributed by atoms with Gasteiger partial charge in [0.15, 0.2) is 0 Å². The minimum Gasteiger partial charge on any atom is -0.508 e. The van der Waals surface area contributed by atoms with Crippen LogP contribution in [0.3, 0.4) is 0 Å². The van der Waals surface area contributed by atoms with Crippen molar-refractivity contribution in [1.29, 1.82) is 0 Å². The standard InChI is InChI=1S/C14H13BrN2O3/c1-9(10-3-2-4-12(18)7-10)16-13-6-5-11(15)8-14(13)17(19)20/h2-9,16,18H,1H3. The number of anilines is 1. The van der Waals surface area contributed by atoms with Gasteiger partial charge in [-0.2, -0.15) is 0 Å². The lowest BCUT2D eigenvalue weighted by Crippen LogP contribution is -2.08. The molecule has 0 aliphatic rings. The fourth-order valence-corrected chi connectivity index (χ4v) is 2.24. The van der Waals surface area contributed by atoms with Gasteiger partial charge in [0, 0.05) is 16.6 Å². The maximum Gasteiger partial charge on any atom is 0.293 e. The molecule has 2 rings (SSSR count). The number of hydrogen-bond acceptors (Lipinski definition) is 4. The van der Waals surface area contributed by atoms with Gasteiger partial charge in [0.1, 0.15) is 11.4 Å². The summed E-state index contributed by atoms with van der Waals surface area (Å²) in [6.07, 6.45) is 0. The summed E-state index contributed by atoms with van der Waals surface area (Å²) >= 11 is 3.22. The number of nitro benzene ring substituents is 1. The molecule has 0 spiro atoms. The number of rotatable bonds is 4. The van der Waals surface area contributed by atoms with E-state index < -0.39 is 4.92 Å². The molecule has 0 fully saturated rings. The molecule has 0 aromatic heterocycles. The third-order valence-corrected chi connectivity index (χ3v) is 3.39. The molecule has 104 valence electrons. The van der Waals surface area contributed by atoms with Crippen molar-refractivity contribution in [3.8, 4) is 5.75 Å². The molecule has 2 N–H and O–H groups in total. The molecule has 0 heterocycles. The van der Waals surface area contributed by atoms with E-state index in [-0.39, 0.29) is 17.5 Å². The van der Waals surface area contributed by atoms with E-state index in [1.165, 1.54) is 6.07 Å². The Morgan fingerprint density at radius 2 is 2.05 bits per heavy atom. The number of nitrogens with zero attached hydrogens (tertiary/aromatic N) is 1. The number of nitrogens with one attached hydrogen (secondary N) is 1. The second-order valence-corrected chi connectivity index (χ2v) is 5.30. The lowest BCUT2D eigenvalue weighted by Gasteiger charge is -2.16. The highest BCUT2D eigenvalue weighted by molar-refractivity contribution is 9.10. The predicted molar refractivity (Wildman–Crippen MR) is 80.9 cm³/mol. The van der Waals surface area contributed by atoms with Crippen molar-refractivity contribution >= 4 is 27.3 Å². The van der Waals surface area contributed by atoms with E-state index in [4.69, 9.17) is 0 Å². The maximum absolute atomic E-state index is 11.1. The van der Waals surface area contributed by atoms with Gasteiger partial charge in [-0.05, 0) is 36.8 Å². The average molecular weight is 337 g/mol. The van der Waals surface area contributed by atoms with Crippen molar-refractivity contribution < 1.29 is 10.0 Å². The summed E-state index contributed by atoms with van der Waals surface area (Å²) in [4.78, 5) is 10.6. The van der Waals surface area contributed by atoms with Crippen LogP contribution in [-0.4, -0.2) is 10.0 Å². The molecule has 0 saturated carbocycles. The second-order valence-electron chi connectivity index (χ2n) is 4.38. The molecule has 0 saturated heterocycles. The number of aromatic hydroxyl groups is 1. The number of phenolic OH excluding ortho intramolecular Hbond substituents is 1. The minimum atomic E-state index is -0.428. The highest BCUT2D eigenvalue weighted by atomic mass is 79.9. The summed E-state index contributed by atoms with van der Waals surface area (Å²) < 4.78 is 0.653. The average Bonchev–Trinajstić information content (AvgIpc) is 2.40. The van der Waals surface area contributed by atoms with Crippen LogP contribution in [0.1, 0.15) is 18.5 Å². The van der Waals surface area contributed by atoms with E-state index in [0.717, 1.165) is 5.56 Å². The van der Waals surface area contributed by atoms with Gasteiger partial charge >= 0.3 is 0 Å². The lowest BCUT2D eigenvalue weighted by molar-refractivity contribution is -0.384. The van der Waals surface area contributed by atoms with Crippen molar-refractivity contribution in [3.05, 3.63) is 62.6 Å². The summed E-state index contributed by atoms with van der Waals surface area (Å²) in [5, 5.41) is 23.6. The van der Waals surface area contributed by atoms with Crippen LogP contribution in [0.25, 0.3) is 0 Å². The van der Waals surface area contributed by atoms with E-state index in [1.54, 1.807) is 30.3 Å². The summed E-state index contributed by atoms with van der Waals surface area (Å²) in [5.74, 6) is 0.168. The van der Waals surface area contributed by atoms with Crippen molar-refractivity contribution in [2.24, 2.45) is 0 Å². The molecule has 20 heavy (non-hydrogen) atoms. The Labute approximate surface area is 124 Å². The lowest BCUT2D eigenvalue weighted by atomic mass is 10.1. The van der Waals surface area contributed by atoms with Crippen LogP contribution in [0, 0.1) is 10.1 Å². The van der Waals surface area contributed by atoms with E-state index in [9.17, 15) is 15.2 Å². The molecule has 6 heteroatoms. The Bertz CT molecular complexity index is 646. The van der Waals surface area contributed by atoms with Crippen LogP contribution in [-0.2, 0) is 0 Å². The zero-order valence-corrected chi connectivity index (χ0v) is 12.3. The Morgan fingerprint density at radius 1 is 1.30 bits per heavy atom. The molecule has 2 aromatic rings. The zero-order valence-electron chi connectivity index (χ0n) is 10.7. The van der Waals surface area contributed by atoms with Gasteiger partial charge in [0.2, 0.25) is 0 Å². The van der Waals surface area contributed by atoms with Gasteiger partial charge in [-0.1, -0.05) is 28.1 Å². The Kier molecular flexibility index (Phi) is 4.24. The largest absolute Gasteiger partial charge is 0.508 e. The molecule has 0 radical (unpaired) electrons. The Hall–Kier alpha value is -2.08. The summed E-state index contributed by atoms with van der Waals surface area (Å²) in [5.41, 5.74) is 1.29. The van der Waals surface area contributed by atoms with Gasteiger partial charge in [-0.25, -0.2) is 0 Å². The van der Waals surface area contributed by atoms with Crippen molar-refractivity contribution in [3.63, 3.8) is 0 Å². The number of phenols is 1. The molecule has 0 aliphatic carbocycles. The fourth-order valence-electron chi connectivity index (χ4n) is 1.89. The van der Waals surface area contributed by atoms with Gasteiger partial charge in [0.05, 0.1) is 4.92 Å². The first-order valence-electron chi connectivity index (χ1n) is 5.97. The van der Waals surface area contributed by atoms with Crippen LogP contribution in [0.5, 0.6) is 5.75 Å². The topological polar surface area (TPSA) is 75.4 Å². The number of halogens is 1. The third-order valence-electron chi connectivity index (χ3n) is 2.90. The smallest absolute Gasteiger partial charge is 0.293 e. The molecule has 1 unspecified atom stereocenters. The quantitative estimate of drug-likeness (QED) is 0.646. The molecule has 5 nitrogen and oxygen atoms in total. The monoisotopic (exact) mass is 336 g/mol. The highest BCUT2D eigenvalue weighted by Gasteiger charge is 2.16. The highest BCUT2D eigenvalue weighted by Crippen LogP contribution is 2.31. The van der Waals surface area contributed by atoms with Gasteiger partial charge in [-0.3, -0.25) is 10.1 Å². The molecule has 1 atom stereocenters. The van der Waals surface area contributed by atoms with E-state index in [0.29, 0.717) is 10.2 Å². The number of benzene rings is 2.